The molecule has 104 valence electrons. The van der Waals surface area contributed by atoms with Crippen molar-refractivity contribution in [3.05, 3.63) is 12.2 Å². The summed E-state index contributed by atoms with van der Waals surface area (Å²) in [5.41, 5.74) is 1.87. The second kappa shape index (κ2) is 4.41. The van der Waals surface area contributed by atoms with E-state index in [4.69, 9.17) is 0 Å². The first-order valence-corrected chi connectivity index (χ1v) is 13.5. The lowest BCUT2D eigenvalue weighted by molar-refractivity contribution is 1.05. The topological polar surface area (TPSA) is 55.6 Å². The van der Waals surface area contributed by atoms with E-state index in [2.05, 4.69) is 70.4 Å². The number of aryl methyl sites for hydroxylation is 1. The zero-order valence-corrected chi connectivity index (χ0v) is 14.9. The monoisotopic (exact) mass is 293 g/mol. The Morgan fingerprint density at radius 1 is 1.05 bits per heavy atom. The molecule has 2 rings (SSSR count). The number of rotatable bonds is 3. The number of nitrogens with one attached hydrogen (secondary N) is 1. The summed E-state index contributed by atoms with van der Waals surface area (Å²) < 4.78 is 2.35. The maximum Gasteiger partial charge on any atom is 0.182 e. The molecule has 0 fully saturated rings. The van der Waals surface area contributed by atoms with Crippen LogP contribution in [0.2, 0.25) is 39.3 Å². The molecule has 19 heavy (non-hydrogen) atoms. The van der Waals surface area contributed by atoms with Gasteiger partial charge in [-0.05, 0) is 6.92 Å². The van der Waals surface area contributed by atoms with Gasteiger partial charge in [0, 0.05) is 0 Å². The van der Waals surface area contributed by atoms with Crippen molar-refractivity contribution in [3.63, 3.8) is 0 Å². The lowest BCUT2D eigenvalue weighted by atomic mass is 10.5. The van der Waals surface area contributed by atoms with Crippen molar-refractivity contribution in [1.82, 2.24) is 19.2 Å². The third-order valence-electron chi connectivity index (χ3n) is 2.78. The third-order valence-corrected chi connectivity index (χ3v) is 5.66. The van der Waals surface area contributed by atoms with Gasteiger partial charge in [0.05, 0.1) is 0 Å². The molecule has 0 saturated heterocycles. The number of hydrogen-bond acceptors (Lipinski definition) is 4. The van der Waals surface area contributed by atoms with Crippen LogP contribution in [-0.2, 0) is 0 Å². The first-order valence-electron chi connectivity index (χ1n) is 6.58. The number of aromatic nitrogens is 4. The number of nitrogens with zero attached hydrogens (tertiary/aromatic N) is 4. The van der Waals surface area contributed by atoms with Crippen LogP contribution in [-0.4, -0.2) is 35.7 Å². The molecule has 1 N–H and O–H groups in total. The normalized spacial score (nSPS) is 13.0. The molecule has 0 bridgehead atoms. The van der Waals surface area contributed by atoms with Gasteiger partial charge < -0.3 is 9.22 Å². The summed E-state index contributed by atoms with van der Waals surface area (Å²) in [6.07, 6.45) is 1.60. The molecule has 0 atom stereocenters. The Hall–Kier alpha value is -1.22. The summed E-state index contributed by atoms with van der Waals surface area (Å²) >= 11 is 0. The Labute approximate surface area is 116 Å². The van der Waals surface area contributed by atoms with E-state index in [1.54, 1.807) is 6.33 Å². The number of imidazole rings is 1. The third kappa shape index (κ3) is 2.86. The van der Waals surface area contributed by atoms with Crippen LogP contribution < -0.4 is 4.98 Å². The van der Waals surface area contributed by atoms with Gasteiger partial charge in [-0.2, -0.15) is 0 Å². The van der Waals surface area contributed by atoms with E-state index < -0.39 is 16.5 Å². The molecule has 0 spiro atoms. The lowest BCUT2D eigenvalue weighted by Crippen LogP contribution is -2.36. The second-order valence-corrected chi connectivity index (χ2v) is 16.5. The van der Waals surface area contributed by atoms with Crippen molar-refractivity contribution < 1.29 is 0 Å². The predicted molar refractivity (Wildman–Crippen MR) is 85.8 cm³/mol. The van der Waals surface area contributed by atoms with Gasteiger partial charge in [0.1, 0.15) is 31.7 Å². The molecule has 0 amide bonds. The minimum atomic E-state index is -1.55. The molecule has 0 aliphatic rings. The first kappa shape index (κ1) is 14.2. The van der Waals surface area contributed by atoms with E-state index >= 15 is 0 Å². The Bertz CT molecular complexity index is 607. The number of fused-ring (bicyclic) bond motifs is 1. The maximum absolute atomic E-state index is 4.59. The van der Waals surface area contributed by atoms with Gasteiger partial charge in [-0.3, -0.25) is 0 Å². The van der Waals surface area contributed by atoms with E-state index in [1.807, 2.05) is 0 Å². The van der Waals surface area contributed by atoms with Crippen LogP contribution in [0.1, 0.15) is 5.82 Å². The van der Waals surface area contributed by atoms with Crippen LogP contribution in [0.5, 0.6) is 0 Å². The fraction of sp³-hybridized carbons (Fsp3) is 0.583. The highest BCUT2D eigenvalue weighted by Gasteiger charge is 2.26. The minimum Gasteiger partial charge on any atom is -0.394 e. The zero-order chi connectivity index (χ0) is 14.4. The molecular formula is C12H23N5Si2. The Morgan fingerprint density at radius 2 is 1.68 bits per heavy atom. The Morgan fingerprint density at radius 3 is 2.21 bits per heavy atom. The molecule has 2 heterocycles. The SMILES string of the molecule is Cc1nc2ncnc(N[Si](C)(C)C)c2n1[Si](C)(C)C. The molecule has 0 aromatic carbocycles. The Balaban J connectivity index is 2.72. The lowest BCUT2D eigenvalue weighted by Gasteiger charge is -2.24. The highest BCUT2D eigenvalue weighted by atomic mass is 28.3. The van der Waals surface area contributed by atoms with Gasteiger partial charge in [0.25, 0.3) is 0 Å². The summed E-state index contributed by atoms with van der Waals surface area (Å²) in [7, 11) is -3.00. The molecular weight excluding hydrogens is 270 g/mol. The highest BCUT2D eigenvalue weighted by molar-refractivity contribution is 6.79. The van der Waals surface area contributed by atoms with Crippen LogP contribution in [0.25, 0.3) is 11.2 Å². The highest BCUT2D eigenvalue weighted by Crippen LogP contribution is 2.25. The smallest absolute Gasteiger partial charge is 0.182 e. The van der Waals surface area contributed by atoms with Crippen LogP contribution in [0.3, 0.4) is 0 Å². The van der Waals surface area contributed by atoms with E-state index in [-0.39, 0.29) is 0 Å². The van der Waals surface area contributed by atoms with Crippen molar-refractivity contribution in [2.45, 2.75) is 46.2 Å². The second-order valence-electron chi connectivity index (χ2n) is 6.93. The van der Waals surface area contributed by atoms with Crippen molar-refractivity contribution in [2.75, 3.05) is 4.98 Å². The summed E-state index contributed by atoms with van der Waals surface area (Å²) in [5.74, 6) is 1.97. The summed E-state index contributed by atoms with van der Waals surface area (Å²) in [4.78, 5) is 17.0. The van der Waals surface area contributed by atoms with Gasteiger partial charge in [-0.1, -0.05) is 39.3 Å². The average molecular weight is 294 g/mol. The molecule has 0 aliphatic carbocycles. The van der Waals surface area contributed by atoms with Gasteiger partial charge in [-0.25, -0.2) is 15.0 Å². The zero-order valence-electron chi connectivity index (χ0n) is 12.9. The van der Waals surface area contributed by atoms with Crippen LogP contribution in [0, 0.1) is 6.92 Å². The van der Waals surface area contributed by atoms with Crippen LogP contribution in [0.15, 0.2) is 6.33 Å². The van der Waals surface area contributed by atoms with Gasteiger partial charge in [0.15, 0.2) is 13.9 Å². The van der Waals surface area contributed by atoms with Crippen molar-refractivity contribution in [3.8, 4) is 0 Å². The number of anilines is 1. The molecule has 0 radical (unpaired) electrons. The van der Waals surface area contributed by atoms with Crippen molar-refractivity contribution >= 4 is 33.5 Å². The summed E-state index contributed by atoms with van der Waals surface area (Å²) in [6.45, 7) is 15.8. The van der Waals surface area contributed by atoms with E-state index in [9.17, 15) is 0 Å². The fourth-order valence-corrected chi connectivity index (χ4v) is 5.08. The number of hydrogen-bond donors (Lipinski definition) is 1. The summed E-state index contributed by atoms with van der Waals surface area (Å²) in [6, 6.07) is 0. The first-order chi connectivity index (χ1) is 8.59. The molecule has 5 nitrogen and oxygen atoms in total. The fourth-order valence-electron chi connectivity index (χ4n) is 2.29. The quantitative estimate of drug-likeness (QED) is 0.884. The standard InChI is InChI=1S/C12H23N5Si2/c1-9-15-11-10(17(9)19(5,6)7)12(14-8-13-11)16-18(2,3)4/h8H,1-7H3,(H,13,14,16). The Kier molecular flexibility index (Phi) is 3.30. The predicted octanol–water partition coefficient (Wildman–Crippen LogP) is 3.06. The molecule has 0 aliphatic heterocycles. The van der Waals surface area contributed by atoms with Crippen LogP contribution >= 0.6 is 0 Å². The van der Waals surface area contributed by atoms with Gasteiger partial charge in [0.2, 0.25) is 0 Å². The van der Waals surface area contributed by atoms with Crippen molar-refractivity contribution in [1.29, 1.82) is 0 Å². The van der Waals surface area contributed by atoms with Crippen molar-refractivity contribution in [2.24, 2.45) is 0 Å². The molecule has 0 unspecified atom stereocenters. The average Bonchev–Trinajstić information content (AvgIpc) is 2.51. The minimum absolute atomic E-state index is 0.802. The maximum atomic E-state index is 4.59. The summed E-state index contributed by atoms with van der Waals surface area (Å²) in [5, 5.41) is 0. The van der Waals surface area contributed by atoms with E-state index in [0.717, 1.165) is 22.8 Å². The molecule has 0 saturated carbocycles. The van der Waals surface area contributed by atoms with E-state index in [1.165, 1.54) is 0 Å². The molecule has 2 aromatic rings. The van der Waals surface area contributed by atoms with Gasteiger partial charge >= 0.3 is 0 Å². The van der Waals surface area contributed by atoms with Crippen LogP contribution in [0.4, 0.5) is 5.82 Å². The molecule has 7 heteroatoms. The van der Waals surface area contributed by atoms with Gasteiger partial charge in [-0.15, -0.1) is 0 Å². The molecule has 2 aromatic heterocycles. The van der Waals surface area contributed by atoms with E-state index in [0.29, 0.717) is 0 Å². The largest absolute Gasteiger partial charge is 0.394 e.